The number of benzene rings is 2. The Bertz CT molecular complexity index is 809. The van der Waals surface area contributed by atoms with Crippen LogP contribution in [0.3, 0.4) is 0 Å². The second-order valence-corrected chi connectivity index (χ2v) is 5.90. The first-order valence-corrected chi connectivity index (χ1v) is 8.33. The SMILES string of the molecule is COc1ccc(N2CCN(c3nnnn3-c3ccccc3)CC2)cc1. The molecule has 0 radical (unpaired) electrons. The Morgan fingerprint density at radius 2 is 1.48 bits per heavy atom. The van der Waals surface area contributed by atoms with E-state index in [1.807, 2.05) is 42.5 Å². The maximum absolute atomic E-state index is 5.23. The fraction of sp³-hybridized carbons (Fsp3) is 0.278. The van der Waals surface area contributed by atoms with Crippen LogP contribution in [0.15, 0.2) is 54.6 Å². The predicted octanol–water partition coefficient (Wildman–Crippen LogP) is 2.00. The van der Waals surface area contributed by atoms with Gasteiger partial charge in [-0.3, -0.25) is 0 Å². The van der Waals surface area contributed by atoms with Gasteiger partial charge in [0.15, 0.2) is 0 Å². The number of hydrogen-bond acceptors (Lipinski definition) is 6. The van der Waals surface area contributed by atoms with Crippen molar-refractivity contribution in [1.29, 1.82) is 0 Å². The van der Waals surface area contributed by atoms with Gasteiger partial charge < -0.3 is 14.5 Å². The zero-order valence-electron chi connectivity index (χ0n) is 14.1. The van der Waals surface area contributed by atoms with Gasteiger partial charge in [0.25, 0.3) is 0 Å². The number of aromatic nitrogens is 4. The van der Waals surface area contributed by atoms with Gasteiger partial charge in [-0.15, -0.1) is 0 Å². The topological polar surface area (TPSA) is 59.3 Å². The molecule has 0 N–H and O–H groups in total. The van der Waals surface area contributed by atoms with E-state index in [-0.39, 0.29) is 0 Å². The summed E-state index contributed by atoms with van der Waals surface area (Å²) < 4.78 is 7.02. The molecule has 0 aliphatic carbocycles. The Balaban J connectivity index is 1.46. The second kappa shape index (κ2) is 6.80. The van der Waals surface area contributed by atoms with Crippen molar-refractivity contribution in [3.05, 3.63) is 54.6 Å². The largest absolute Gasteiger partial charge is 0.497 e. The Morgan fingerprint density at radius 1 is 0.800 bits per heavy atom. The average Bonchev–Trinajstić information content (AvgIpc) is 3.19. The molecule has 1 aliphatic rings. The molecule has 0 spiro atoms. The van der Waals surface area contributed by atoms with E-state index in [2.05, 4.69) is 37.5 Å². The molecular formula is C18H20N6O. The van der Waals surface area contributed by atoms with E-state index in [1.165, 1.54) is 5.69 Å². The van der Waals surface area contributed by atoms with E-state index in [4.69, 9.17) is 4.74 Å². The van der Waals surface area contributed by atoms with Crippen molar-refractivity contribution >= 4 is 11.6 Å². The predicted molar refractivity (Wildman–Crippen MR) is 96.6 cm³/mol. The molecule has 2 heterocycles. The van der Waals surface area contributed by atoms with Gasteiger partial charge in [0.1, 0.15) is 5.75 Å². The minimum atomic E-state index is 0.792. The summed E-state index contributed by atoms with van der Waals surface area (Å²) in [5.41, 5.74) is 2.18. The molecule has 1 saturated heterocycles. The summed E-state index contributed by atoms with van der Waals surface area (Å²) in [5.74, 6) is 1.67. The molecule has 7 heteroatoms. The molecule has 0 unspecified atom stereocenters. The summed E-state index contributed by atoms with van der Waals surface area (Å²) in [6, 6.07) is 18.2. The van der Waals surface area contributed by atoms with Gasteiger partial charge in [0, 0.05) is 31.9 Å². The minimum absolute atomic E-state index is 0.792. The lowest BCUT2D eigenvalue weighted by molar-refractivity contribution is 0.415. The number of ether oxygens (including phenoxy) is 1. The van der Waals surface area contributed by atoms with E-state index in [0.29, 0.717) is 0 Å². The highest BCUT2D eigenvalue weighted by molar-refractivity contribution is 5.51. The molecule has 128 valence electrons. The molecule has 0 saturated carbocycles. The zero-order valence-corrected chi connectivity index (χ0v) is 14.1. The van der Waals surface area contributed by atoms with Crippen LogP contribution in [0.5, 0.6) is 5.75 Å². The molecule has 1 fully saturated rings. The number of rotatable bonds is 4. The molecule has 7 nitrogen and oxygen atoms in total. The molecule has 1 aromatic heterocycles. The number of tetrazole rings is 1. The highest BCUT2D eigenvalue weighted by Gasteiger charge is 2.22. The van der Waals surface area contributed by atoms with Gasteiger partial charge in [0.05, 0.1) is 12.8 Å². The van der Waals surface area contributed by atoms with Crippen LogP contribution in [-0.2, 0) is 0 Å². The quantitative estimate of drug-likeness (QED) is 0.726. The summed E-state index contributed by atoms with van der Waals surface area (Å²) in [5, 5.41) is 12.2. The molecule has 0 atom stereocenters. The van der Waals surface area contributed by atoms with E-state index in [0.717, 1.165) is 43.6 Å². The standard InChI is InChI=1S/C18H20N6O/c1-25-17-9-7-15(8-10-17)22-11-13-23(14-12-22)18-19-20-21-24(18)16-5-3-2-4-6-16/h2-10H,11-14H2,1H3. The summed E-state index contributed by atoms with van der Waals surface area (Å²) in [6.07, 6.45) is 0. The van der Waals surface area contributed by atoms with Crippen LogP contribution in [-0.4, -0.2) is 53.5 Å². The smallest absolute Gasteiger partial charge is 0.250 e. The van der Waals surface area contributed by atoms with Crippen molar-refractivity contribution in [3.8, 4) is 11.4 Å². The molecule has 3 aromatic rings. The molecule has 2 aromatic carbocycles. The lowest BCUT2D eigenvalue weighted by Crippen LogP contribution is -2.47. The fourth-order valence-electron chi connectivity index (χ4n) is 3.07. The Kier molecular flexibility index (Phi) is 4.20. The molecule has 0 amide bonds. The lowest BCUT2D eigenvalue weighted by atomic mass is 10.2. The van der Waals surface area contributed by atoms with Crippen LogP contribution in [0.2, 0.25) is 0 Å². The Hall–Kier alpha value is -3.09. The highest BCUT2D eigenvalue weighted by atomic mass is 16.5. The number of methoxy groups -OCH3 is 1. The van der Waals surface area contributed by atoms with Crippen molar-refractivity contribution < 1.29 is 4.74 Å². The Morgan fingerprint density at radius 3 is 2.16 bits per heavy atom. The van der Waals surface area contributed by atoms with Gasteiger partial charge in [0.2, 0.25) is 5.95 Å². The highest BCUT2D eigenvalue weighted by Crippen LogP contribution is 2.22. The van der Waals surface area contributed by atoms with Gasteiger partial charge in [-0.1, -0.05) is 23.3 Å². The van der Waals surface area contributed by atoms with Crippen LogP contribution >= 0.6 is 0 Å². The average molecular weight is 336 g/mol. The first kappa shape index (κ1) is 15.4. The molecule has 0 bridgehead atoms. The van der Waals surface area contributed by atoms with Crippen molar-refractivity contribution in [2.24, 2.45) is 0 Å². The molecule has 25 heavy (non-hydrogen) atoms. The minimum Gasteiger partial charge on any atom is -0.497 e. The number of para-hydroxylation sites is 1. The van der Waals surface area contributed by atoms with E-state index >= 15 is 0 Å². The first-order chi connectivity index (χ1) is 12.3. The molecule has 4 rings (SSSR count). The normalized spacial score (nSPS) is 14.6. The van der Waals surface area contributed by atoms with E-state index in [1.54, 1.807) is 11.8 Å². The maximum Gasteiger partial charge on any atom is 0.250 e. The number of nitrogens with zero attached hydrogens (tertiary/aromatic N) is 6. The zero-order chi connectivity index (χ0) is 17.1. The Labute approximate surface area is 146 Å². The summed E-state index contributed by atoms with van der Waals surface area (Å²) in [4.78, 5) is 4.60. The lowest BCUT2D eigenvalue weighted by Gasteiger charge is -2.36. The molecule has 1 aliphatic heterocycles. The van der Waals surface area contributed by atoms with Gasteiger partial charge in [-0.25, -0.2) is 0 Å². The third-order valence-corrected chi connectivity index (χ3v) is 4.45. The number of piperazine rings is 1. The second-order valence-electron chi connectivity index (χ2n) is 5.90. The summed E-state index contributed by atoms with van der Waals surface area (Å²) in [6.45, 7) is 3.60. The molecular weight excluding hydrogens is 316 g/mol. The van der Waals surface area contributed by atoms with E-state index < -0.39 is 0 Å². The number of hydrogen-bond donors (Lipinski definition) is 0. The van der Waals surface area contributed by atoms with Gasteiger partial charge >= 0.3 is 0 Å². The summed E-state index contributed by atoms with van der Waals surface area (Å²) >= 11 is 0. The van der Waals surface area contributed by atoms with Crippen molar-refractivity contribution in [3.63, 3.8) is 0 Å². The number of anilines is 2. The van der Waals surface area contributed by atoms with Crippen LogP contribution < -0.4 is 14.5 Å². The maximum atomic E-state index is 5.23. The third-order valence-electron chi connectivity index (χ3n) is 4.45. The van der Waals surface area contributed by atoms with Crippen molar-refractivity contribution in [1.82, 2.24) is 20.2 Å². The van der Waals surface area contributed by atoms with E-state index in [9.17, 15) is 0 Å². The monoisotopic (exact) mass is 336 g/mol. The van der Waals surface area contributed by atoms with Crippen LogP contribution in [0.1, 0.15) is 0 Å². The van der Waals surface area contributed by atoms with Crippen LogP contribution in [0.4, 0.5) is 11.6 Å². The van der Waals surface area contributed by atoms with Gasteiger partial charge in [-0.2, -0.15) is 4.68 Å². The van der Waals surface area contributed by atoms with Crippen molar-refractivity contribution in [2.75, 3.05) is 43.1 Å². The van der Waals surface area contributed by atoms with Crippen molar-refractivity contribution in [2.45, 2.75) is 0 Å². The van der Waals surface area contributed by atoms with Crippen LogP contribution in [0, 0.1) is 0 Å². The summed E-state index contributed by atoms with van der Waals surface area (Å²) in [7, 11) is 1.69. The van der Waals surface area contributed by atoms with Gasteiger partial charge in [-0.05, 0) is 46.8 Å². The first-order valence-electron chi connectivity index (χ1n) is 8.33. The third kappa shape index (κ3) is 3.13. The fourth-order valence-corrected chi connectivity index (χ4v) is 3.07. The van der Waals surface area contributed by atoms with Crippen LogP contribution in [0.25, 0.3) is 5.69 Å².